The molecule has 0 bridgehead atoms. The fourth-order valence-corrected chi connectivity index (χ4v) is 1.31. The van der Waals surface area contributed by atoms with Crippen LogP contribution in [0.4, 0.5) is 8.78 Å². The minimum atomic E-state index is -1.28. The van der Waals surface area contributed by atoms with Crippen molar-refractivity contribution in [3.63, 3.8) is 0 Å². The molecular weight excluding hydrogens is 228 g/mol. The molecule has 0 radical (unpaired) electrons. The molecule has 0 heterocycles. The van der Waals surface area contributed by atoms with Gasteiger partial charge in [0.05, 0.1) is 0 Å². The van der Waals surface area contributed by atoms with Crippen molar-refractivity contribution in [2.24, 2.45) is 5.73 Å². The quantitative estimate of drug-likeness (QED) is 0.782. The van der Waals surface area contributed by atoms with Crippen molar-refractivity contribution in [2.75, 3.05) is 0 Å². The Morgan fingerprint density at radius 2 is 2.13 bits per heavy atom. The van der Waals surface area contributed by atoms with Gasteiger partial charge < -0.3 is 10.8 Å². The number of hydrogen-bond acceptors (Lipinski definition) is 2. The molecule has 0 aromatic heterocycles. The molecule has 0 spiro atoms. The molecule has 1 atom stereocenters. The Morgan fingerprint density at radius 1 is 1.53 bits per heavy atom. The first kappa shape index (κ1) is 11.9. The average Bonchev–Trinajstić information content (AvgIpc) is 2.13. The van der Waals surface area contributed by atoms with Crippen molar-refractivity contribution in [3.05, 3.63) is 34.4 Å². The van der Waals surface area contributed by atoms with E-state index in [4.69, 9.17) is 22.4 Å². The van der Waals surface area contributed by atoms with Crippen LogP contribution in [-0.2, 0) is 11.2 Å². The third-order valence-electron chi connectivity index (χ3n) is 1.83. The molecule has 0 fully saturated rings. The molecule has 0 aliphatic carbocycles. The lowest BCUT2D eigenvalue weighted by Crippen LogP contribution is -2.32. The van der Waals surface area contributed by atoms with Crippen LogP contribution in [0, 0.1) is 11.6 Å². The fourth-order valence-electron chi connectivity index (χ4n) is 1.08. The van der Waals surface area contributed by atoms with E-state index >= 15 is 0 Å². The summed E-state index contributed by atoms with van der Waals surface area (Å²) < 4.78 is 26.0. The predicted molar refractivity (Wildman–Crippen MR) is 50.7 cm³/mol. The molecule has 1 aromatic carbocycles. The minimum Gasteiger partial charge on any atom is -0.480 e. The van der Waals surface area contributed by atoms with E-state index in [-0.39, 0.29) is 17.0 Å². The topological polar surface area (TPSA) is 63.3 Å². The molecule has 0 aliphatic rings. The van der Waals surface area contributed by atoms with E-state index in [9.17, 15) is 13.6 Å². The molecule has 6 heteroatoms. The van der Waals surface area contributed by atoms with Crippen molar-refractivity contribution in [1.82, 2.24) is 0 Å². The van der Waals surface area contributed by atoms with E-state index in [1.807, 2.05) is 0 Å². The standard InChI is InChI=1S/C9H8ClF2NO2/c10-5-1-4(2-7(13)9(14)15)8(12)6(11)3-5/h1,3,7H,2,13H2,(H,14,15). The summed E-state index contributed by atoms with van der Waals surface area (Å²) in [4.78, 5) is 10.4. The van der Waals surface area contributed by atoms with Crippen LogP contribution in [0.2, 0.25) is 5.02 Å². The normalized spacial score (nSPS) is 12.5. The summed E-state index contributed by atoms with van der Waals surface area (Å²) >= 11 is 5.49. The van der Waals surface area contributed by atoms with E-state index in [1.54, 1.807) is 0 Å². The number of halogens is 3. The molecule has 0 saturated carbocycles. The summed E-state index contributed by atoms with van der Waals surface area (Å²) in [6.07, 6.45) is -0.307. The molecule has 15 heavy (non-hydrogen) atoms. The maximum absolute atomic E-state index is 13.1. The number of rotatable bonds is 3. The van der Waals surface area contributed by atoms with Gasteiger partial charge in [-0.3, -0.25) is 4.79 Å². The van der Waals surface area contributed by atoms with Gasteiger partial charge in [0.1, 0.15) is 6.04 Å². The zero-order chi connectivity index (χ0) is 11.6. The van der Waals surface area contributed by atoms with E-state index in [0.29, 0.717) is 0 Å². The largest absolute Gasteiger partial charge is 0.480 e. The van der Waals surface area contributed by atoms with Crippen LogP contribution in [-0.4, -0.2) is 17.1 Å². The van der Waals surface area contributed by atoms with Gasteiger partial charge in [-0.15, -0.1) is 0 Å². The van der Waals surface area contributed by atoms with Gasteiger partial charge in [0, 0.05) is 11.4 Å². The lowest BCUT2D eigenvalue weighted by molar-refractivity contribution is -0.138. The van der Waals surface area contributed by atoms with E-state index in [2.05, 4.69) is 0 Å². The van der Waals surface area contributed by atoms with Crippen LogP contribution in [0.5, 0.6) is 0 Å². The lowest BCUT2D eigenvalue weighted by atomic mass is 10.1. The van der Waals surface area contributed by atoms with Gasteiger partial charge in [-0.05, 0) is 17.7 Å². The van der Waals surface area contributed by atoms with Crippen LogP contribution < -0.4 is 5.73 Å². The highest BCUT2D eigenvalue weighted by Gasteiger charge is 2.17. The van der Waals surface area contributed by atoms with Gasteiger partial charge in [-0.1, -0.05) is 11.6 Å². The summed E-state index contributed by atoms with van der Waals surface area (Å²) in [5.41, 5.74) is 5.04. The number of hydrogen-bond donors (Lipinski definition) is 2. The second-order valence-electron chi connectivity index (χ2n) is 3.01. The molecule has 0 aliphatic heterocycles. The number of aliphatic carboxylic acids is 1. The summed E-state index contributed by atoms with van der Waals surface area (Å²) in [6, 6.07) is 0.687. The summed E-state index contributed by atoms with van der Waals surface area (Å²) in [7, 11) is 0. The van der Waals surface area contributed by atoms with Crippen molar-refractivity contribution in [3.8, 4) is 0 Å². The molecule has 3 nitrogen and oxygen atoms in total. The van der Waals surface area contributed by atoms with E-state index in [0.717, 1.165) is 12.1 Å². The SMILES string of the molecule is NC(Cc1cc(Cl)cc(F)c1F)C(=O)O. The van der Waals surface area contributed by atoms with Crippen LogP contribution in [0.1, 0.15) is 5.56 Å². The minimum absolute atomic E-state index is 0.00138. The van der Waals surface area contributed by atoms with Crippen LogP contribution >= 0.6 is 11.6 Å². The van der Waals surface area contributed by atoms with Crippen LogP contribution in [0.3, 0.4) is 0 Å². The Labute approximate surface area is 89.5 Å². The van der Waals surface area contributed by atoms with Gasteiger partial charge in [-0.2, -0.15) is 0 Å². The zero-order valence-electron chi connectivity index (χ0n) is 7.51. The van der Waals surface area contributed by atoms with Gasteiger partial charge in [0.25, 0.3) is 0 Å². The van der Waals surface area contributed by atoms with Crippen molar-refractivity contribution in [2.45, 2.75) is 12.5 Å². The zero-order valence-corrected chi connectivity index (χ0v) is 8.26. The highest BCUT2D eigenvalue weighted by Crippen LogP contribution is 2.19. The molecule has 3 N–H and O–H groups in total. The Kier molecular flexibility index (Phi) is 3.60. The molecular formula is C9H8ClF2NO2. The third-order valence-corrected chi connectivity index (χ3v) is 2.04. The number of nitrogens with two attached hydrogens (primary N) is 1. The Morgan fingerprint density at radius 3 is 2.67 bits per heavy atom. The summed E-state index contributed by atoms with van der Waals surface area (Å²) in [6.45, 7) is 0. The number of carbonyl (C=O) groups is 1. The Hall–Kier alpha value is -1.20. The molecule has 0 amide bonds. The van der Waals surface area contributed by atoms with Crippen molar-refractivity contribution >= 4 is 17.6 Å². The van der Waals surface area contributed by atoms with Gasteiger partial charge >= 0.3 is 5.97 Å². The fraction of sp³-hybridized carbons (Fsp3) is 0.222. The van der Waals surface area contributed by atoms with Gasteiger partial charge in [0.2, 0.25) is 0 Å². The monoisotopic (exact) mass is 235 g/mol. The number of benzene rings is 1. The lowest BCUT2D eigenvalue weighted by Gasteiger charge is -2.08. The Balaban J connectivity index is 2.99. The predicted octanol–water partition coefficient (Wildman–Crippen LogP) is 1.57. The second-order valence-corrected chi connectivity index (χ2v) is 3.45. The molecule has 0 saturated heterocycles. The first-order valence-electron chi connectivity index (χ1n) is 4.03. The van der Waals surface area contributed by atoms with E-state index < -0.39 is 23.6 Å². The average molecular weight is 236 g/mol. The van der Waals surface area contributed by atoms with Crippen LogP contribution in [0.25, 0.3) is 0 Å². The first-order valence-corrected chi connectivity index (χ1v) is 4.41. The molecule has 1 unspecified atom stereocenters. The second kappa shape index (κ2) is 4.55. The van der Waals surface area contributed by atoms with E-state index in [1.165, 1.54) is 0 Å². The van der Waals surface area contributed by atoms with Crippen molar-refractivity contribution in [1.29, 1.82) is 0 Å². The molecule has 1 rings (SSSR count). The molecule has 1 aromatic rings. The number of carboxylic acids is 1. The molecule has 82 valence electrons. The number of carboxylic acid groups (broad SMARTS) is 1. The third kappa shape index (κ3) is 2.87. The van der Waals surface area contributed by atoms with Crippen LogP contribution in [0.15, 0.2) is 12.1 Å². The smallest absolute Gasteiger partial charge is 0.320 e. The maximum atomic E-state index is 13.1. The highest BCUT2D eigenvalue weighted by atomic mass is 35.5. The first-order chi connectivity index (χ1) is 6.91. The van der Waals surface area contributed by atoms with Crippen molar-refractivity contribution < 1.29 is 18.7 Å². The maximum Gasteiger partial charge on any atom is 0.320 e. The summed E-state index contributed by atoms with van der Waals surface area (Å²) in [5.74, 6) is -3.51. The van der Waals surface area contributed by atoms with Gasteiger partial charge in [-0.25, -0.2) is 8.78 Å². The highest BCUT2D eigenvalue weighted by molar-refractivity contribution is 6.30. The Bertz CT molecular complexity index is 398. The van der Waals surface area contributed by atoms with Gasteiger partial charge in [0.15, 0.2) is 11.6 Å². The summed E-state index contributed by atoms with van der Waals surface area (Å²) in [5, 5.41) is 8.50.